The van der Waals surface area contributed by atoms with Gasteiger partial charge in [0.25, 0.3) is 0 Å². The van der Waals surface area contributed by atoms with Crippen molar-refractivity contribution in [2.45, 2.75) is 32.7 Å². The van der Waals surface area contributed by atoms with Crippen LogP contribution in [-0.2, 0) is 6.42 Å². The zero-order valence-electron chi connectivity index (χ0n) is 12.3. The van der Waals surface area contributed by atoms with E-state index in [0.717, 1.165) is 33.6 Å². The highest BCUT2D eigenvalue weighted by molar-refractivity contribution is 9.10. The number of benzene rings is 1. The first-order valence-corrected chi connectivity index (χ1v) is 8.62. The fourth-order valence-electron chi connectivity index (χ4n) is 2.97. The number of rotatable bonds is 2. The van der Waals surface area contributed by atoms with Crippen LogP contribution in [0.25, 0.3) is 10.6 Å². The van der Waals surface area contributed by atoms with Crippen LogP contribution in [0.5, 0.6) is 0 Å². The first-order valence-electron chi connectivity index (χ1n) is 7.01. The van der Waals surface area contributed by atoms with Gasteiger partial charge in [-0.3, -0.25) is 0 Å². The maximum absolute atomic E-state index is 13.6. The molecule has 0 saturated heterocycles. The van der Waals surface area contributed by atoms with Crippen molar-refractivity contribution in [3.8, 4) is 10.6 Å². The number of nitrogens with one attached hydrogen (secondary N) is 1. The number of nitrogens with zero attached hydrogens (tertiary/aromatic N) is 1. The topological polar surface area (TPSA) is 24.9 Å². The molecule has 0 radical (unpaired) electrons. The molecule has 0 saturated carbocycles. The van der Waals surface area contributed by atoms with Crippen LogP contribution in [0, 0.1) is 11.2 Å². The van der Waals surface area contributed by atoms with Crippen molar-refractivity contribution in [3.63, 3.8) is 0 Å². The van der Waals surface area contributed by atoms with Crippen molar-refractivity contribution >= 4 is 27.3 Å². The molecule has 1 aliphatic carbocycles. The van der Waals surface area contributed by atoms with Crippen LogP contribution >= 0.6 is 27.3 Å². The predicted octanol–water partition coefficient (Wildman–Crippen LogP) is 4.94. The second-order valence-corrected chi connectivity index (χ2v) is 8.32. The number of aromatic nitrogens is 1. The molecule has 0 bridgehead atoms. The van der Waals surface area contributed by atoms with Crippen LogP contribution < -0.4 is 5.32 Å². The Bertz CT molecular complexity index is 661. The molecule has 1 heterocycles. The van der Waals surface area contributed by atoms with E-state index in [1.807, 2.05) is 13.1 Å². The molecule has 3 rings (SSSR count). The summed E-state index contributed by atoms with van der Waals surface area (Å²) in [7, 11) is 1.99. The number of halogens is 2. The summed E-state index contributed by atoms with van der Waals surface area (Å²) in [6.07, 6.45) is 2.08. The molecule has 1 aliphatic rings. The molecule has 1 aromatic carbocycles. The molecular weight excluding hydrogens is 351 g/mol. The van der Waals surface area contributed by atoms with E-state index in [4.69, 9.17) is 4.98 Å². The molecule has 0 aliphatic heterocycles. The molecule has 0 spiro atoms. The maximum atomic E-state index is 13.6. The average molecular weight is 369 g/mol. The number of thiazole rings is 1. The lowest BCUT2D eigenvalue weighted by Crippen LogP contribution is -2.30. The largest absolute Gasteiger partial charge is 0.312 e. The number of fused-ring (bicyclic) bond motifs is 1. The normalized spacial score (nSPS) is 20.3. The summed E-state index contributed by atoms with van der Waals surface area (Å²) >= 11 is 5.03. The van der Waals surface area contributed by atoms with Crippen LogP contribution in [-0.4, -0.2) is 12.0 Å². The van der Waals surface area contributed by atoms with E-state index < -0.39 is 0 Å². The van der Waals surface area contributed by atoms with Crippen molar-refractivity contribution in [3.05, 3.63) is 39.1 Å². The van der Waals surface area contributed by atoms with Gasteiger partial charge in [-0.1, -0.05) is 29.8 Å². The standard InChI is InChI=1S/C16H18BrFN2S/c1-16(2)7-12(19-3)14-13(8-16)20-15(21-14)9-4-10(17)6-11(18)5-9/h4-6,12,19H,7-8H2,1-3H3. The van der Waals surface area contributed by atoms with Crippen LogP contribution in [0.4, 0.5) is 4.39 Å². The van der Waals surface area contributed by atoms with Crippen molar-refractivity contribution in [1.29, 1.82) is 0 Å². The fourth-order valence-corrected chi connectivity index (χ4v) is 4.61. The van der Waals surface area contributed by atoms with Crippen molar-refractivity contribution < 1.29 is 4.39 Å². The average Bonchev–Trinajstić information content (AvgIpc) is 2.78. The molecule has 21 heavy (non-hydrogen) atoms. The van der Waals surface area contributed by atoms with Gasteiger partial charge < -0.3 is 5.32 Å². The van der Waals surface area contributed by atoms with Crippen molar-refractivity contribution in [2.24, 2.45) is 5.41 Å². The molecule has 1 unspecified atom stereocenters. The van der Waals surface area contributed by atoms with E-state index >= 15 is 0 Å². The van der Waals surface area contributed by atoms with Gasteiger partial charge in [0.1, 0.15) is 10.8 Å². The van der Waals surface area contributed by atoms with Gasteiger partial charge in [-0.15, -0.1) is 11.3 Å². The second-order valence-electron chi connectivity index (χ2n) is 6.37. The highest BCUT2D eigenvalue weighted by Gasteiger charge is 2.34. The number of hydrogen-bond acceptors (Lipinski definition) is 3. The monoisotopic (exact) mass is 368 g/mol. The Labute approximate surface area is 136 Å². The Hall–Kier alpha value is -0.780. The summed E-state index contributed by atoms with van der Waals surface area (Å²) < 4.78 is 14.3. The lowest BCUT2D eigenvalue weighted by Gasteiger charge is -2.34. The zero-order valence-corrected chi connectivity index (χ0v) is 14.7. The predicted molar refractivity (Wildman–Crippen MR) is 89.1 cm³/mol. The van der Waals surface area contributed by atoms with Crippen LogP contribution in [0.2, 0.25) is 0 Å². The second kappa shape index (κ2) is 5.45. The fraction of sp³-hybridized carbons (Fsp3) is 0.438. The first-order chi connectivity index (χ1) is 9.88. The van der Waals surface area contributed by atoms with Gasteiger partial charge in [-0.05, 0) is 43.5 Å². The molecule has 112 valence electrons. The smallest absolute Gasteiger partial charge is 0.125 e. The van der Waals surface area contributed by atoms with Gasteiger partial charge in [0.05, 0.1) is 5.69 Å². The lowest BCUT2D eigenvalue weighted by molar-refractivity contribution is 0.265. The molecule has 2 aromatic rings. The van der Waals surface area contributed by atoms with Crippen LogP contribution in [0.3, 0.4) is 0 Å². The highest BCUT2D eigenvalue weighted by atomic mass is 79.9. The minimum atomic E-state index is -0.238. The van der Waals surface area contributed by atoms with E-state index in [9.17, 15) is 4.39 Å². The summed E-state index contributed by atoms with van der Waals surface area (Å²) in [6.45, 7) is 4.55. The molecule has 0 amide bonds. The molecule has 1 atom stereocenters. The molecule has 5 heteroatoms. The minimum absolute atomic E-state index is 0.238. The summed E-state index contributed by atoms with van der Waals surface area (Å²) in [5, 5.41) is 4.29. The maximum Gasteiger partial charge on any atom is 0.125 e. The molecule has 1 N–H and O–H groups in total. The summed E-state index contributed by atoms with van der Waals surface area (Å²) in [5.41, 5.74) is 2.24. The van der Waals surface area contributed by atoms with E-state index in [0.29, 0.717) is 6.04 Å². The molecule has 2 nitrogen and oxygen atoms in total. The van der Waals surface area contributed by atoms with Gasteiger partial charge in [-0.2, -0.15) is 0 Å². The van der Waals surface area contributed by atoms with Crippen molar-refractivity contribution in [1.82, 2.24) is 10.3 Å². The molecular formula is C16H18BrFN2S. The van der Waals surface area contributed by atoms with Crippen LogP contribution in [0.15, 0.2) is 22.7 Å². The third-order valence-electron chi connectivity index (χ3n) is 3.90. The first kappa shape index (κ1) is 15.1. The Morgan fingerprint density at radius 3 is 2.81 bits per heavy atom. The van der Waals surface area contributed by atoms with Crippen molar-refractivity contribution in [2.75, 3.05) is 7.05 Å². The lowest BCUT2D eigenvalue weighted by atomic mass is 9.76. The third kappa shape index (κ3) is 3.05. The highest BCUT2D eigenvalue weighted by Crippen LogP contribution is 2.44. The van der Waals surface area contributed by atoms with Gasteiger partial charge in [0, 0.05) is 21.0 Å². The summed E-state index contributed by atoms with van der Waals surface area (Å²) in [4.78, 5) is 6.09. The summed E-state index contributed by atoms with van der Waals surface area (Å²) in [5.74, 6) is -0.238. The van der Waals surface area contributed by atoms with E-state index in [-0.39, 0.29) is 11.2 Å². The van der Waals surface area contributed by atoms with Gasteiger partial charge in [0.15, 0.2) is 0 Å². The minimum Gasteiger partial charge on any atom is -0.312 e. The molecule has 0 fully saturated rings. The summed E-state index contributed by atoms with van der Waals surface area (Å²) in [6, 6.07) is 5.28. The van der Waals surface area contributed by atoms with Gasteiger partial charge in [0.2, 0.25) is 0 Å². The number of hydrogen-bond donors (Lipinski definition) is 1. The van der Waals surface area contributed by atoms with E-state index in [1.54, 1.807) is 17.4 Å². The Morgan fingerprint density at radius 2 is 2.14 bits per heavy atom. The third-order valence-corrected chi connectivity index (χ3v) is 5.62. The van der Waals surface area contributed by atoms with E-state index in [2.05, 4.69) is 35.1 Å². The molecule has 1 aromatic heterocycles. The van der Waals surface area contributed by atoms with Crippen LogP contribution in [0.1, 0.15) is 36.9 Å². The Morgan fingerprint density at radius 1 is 1.38 bits per heavy atom. The zero-order chi connectivity index (χ0) is 15.2. The Balaban J connectivity index is 2.06. The van der Waals surface area contributed by atoms with E-state index in [1.165, 1.54) is 10.9 Å². The SMILES string of the molecule is CNC1CC(C)(C)Cc2nc(-c3cc(F)cc(Br)c3)sc21. The van der Waals surface area contributed by atoms with Gasteiger partial charge >= 0.3 is 0 Å². The Kier molecular flexibility index (Phi) is 3.93. The van der Waals surface area contributed by atoms with Gasteiger partial charge in [-0.25, -0.2) is 9.37 Å². The quantitative estimate of drug-likeness (QED) is 0.811.